The van der Waals surface area contributed by atoms with Crippen LogP contribution in [0.5, 0.6) is 5.75 Å². The second kappa shape index (κ2) is 7.29. The number of amides is 1. The van der Waals surface area contributed by atoms with Crippen molar-refractivity contribution in [1.29, 1.82) is 0 Å². The molecule has 3 unspecified atom stereocenters. The molecule has 0 aliphatic rings. The Bertz CT molecular complexity index is 448. The minimum Gasteiger partial charge on any atom is -0.496 e. The number of carbonyl (C=O) groups excluding carboxylic acids is 1. The van der Waals surface area contributed by atoms with E-state index in [1.54, 1.807) is 19.1 Å². The molecule has 0 fully saturated rings. The van der Waals surface area contributed by atoms with Gasteiger partial charge in [0.15, 0.2) is 0 Å². The van der Waals surface area contributed by atoms with Gasteiger partial charge in [-0.2, -0.15) is 0 Å². The number of para-hydroxylation sites is 1. The van der Waals surface area contributed by atoms with E-state index in [1.807, 2.05) is 45.0 Å². The number of hydrogen-bond acceptors (Lipinski definition) is 3. The number of nitrogens with zero attached hydrogens (tertiary/aromatic N) is 1. The van der Waals surface area contributed by atoms with Crippen molar-refractivity contribution in [1.82, 2.24) is 4.90 Å². The Hall–Kier alpha value is -1.55. The SMILES string of the molecule is CCC(C)C(N)C(=O)N(C)C(C)c1ccccc1OC. The summed E-state index contributed by atoms with van der Waals surface area (Å²) in [4.78, 5) is 14.1. The monoisotopic (exact) mass is 278 g/mol. The fourth-order valence-electron chi connectivity index (χ4n) is 2.14. The average Bonchev–Trinajstić information content (AvgIpc) is 2.50. The molecule has 4 heteroatoms. The van der Waals surface area contributed by atoms with E-state index in [9.17, 15) is 4.79 Å². The van der Waals surface area contributed by atoms with E-state index >= 15 is 0 Å². The Kier molecular flexibility index (Phi) is 6.02. The number of nitrogens with two attached hydrogens (primary N) is 1. The zero-order chi connectivity index (χ0) is 15.3. The van der Waals surface area contributed by atoms with Gasteiger partial charge in [0, 0.05) is 12.6 Å². The van der Waals surface area contributed by atoms with Crippen LogP contribution >= 0.6 is 0 Å². The summed E-state index contributed by atoms with van der Waals surface area (Å²) < 4.78 is 5.36. The molecule has 1 amide bonds. The fraction of sp³-hybridized carbons (Fsp3) is 0.562. The van der Waals surface area contributed by atoms with Crippen LogP contribution < -0.4 is 10.5 Å². The first kappa shape index (κ1) is 16.5. The molecule has 0 aromatic heterocycles. The van der Waals surface area contributed by atoms with Gasteiger partial charge >= 0.3 is 0 Å². The lowest BCUT2D eigenvalue weighted by Crippen LogP contribution is -2.46. The Labute approximate surface area is 121 Å². The Morgan fingerprint density at radius 1 is 1.35 bits per heavy atom. The van der Waals surface area contributed by atoms with Crippen LogP contribution in [0, 0.1) is 5.92 Å². The third kappa shape index (κ3) is 3.51. The summed E-state index contributed by atoms with van der Waals surface area (Å²) in [6, 6.07) is 7.21. The molecule has 0 aliphatic heterocycles. The number of likely N-dealkylation sites (N-methyl/N-ethyl adjacent to an activating group) is 1. The topological polar surface area (TPSA) is 55.6 Å². The summed E-state index contributed by atoms with van der Waals surface area (Å²) in [6.45, 7) is 6.03. The molecular weight excluding hydrogens is 252 g/mol. The third-order valence-corrected chi connectivity index (χ3v) is 4.06. The summed E-state index contributed by atoms with van der Waals surface area (Å²) in [5.74, 6) is 0.935. The highest BCUT2D eigenvalue weighted by Gasteiger charge is 2.27. The van der Waals surface area contributed by atoms with Crippen molar-refractivity contribution in [2.24, 2.45) is 11.7 Å². The van der Waals surface area contributed by atoms with Crippen LogP contribution in [0.4, 0.5) is 0 Å². The molecule has 1 aromatic rings. The van der Waals surface area contributed by atoms with Gasteiger partial charge in [0.05, 0.1) is 19.2 Å². The molecule has 0 saturated carbocycles. The molecule has 112 valence electrons. The van der Waals surface area contributed by atoms with E-state index in [4.69, 9.17) is 10.5 Å². The molecule has 1 rings (SSSR count). The van der Waals surface area contributed by atoms with E-state index < -0.39 is 6.04 Å². The largest absolute Gasteiger partial charge is 0.496 e. The third-order valence-electron chi connectivity index (χ3n) is 4.06. The molecule has 0 spiro atoms. The molecule has 4 nitrogen and oxygen atoms in total. The molecule has 0 saturated heterocycles. The quantitative estimate of drug-likeness (QED) is 0.870. The van der Waals surface area contributed by atoms with Gasteiger partial charge in [0.1, 0.15) is 5.75 Å². The number of rotatable bonds is 6. The fourth-order valence-corrected chi connectivity index (χ4v) is 2.14. The molecule has 2 N–H and O–H groups in total. The van der Waals surface area contributed by atoms with Crippen molar-refractivity contribution < 1.29 is 9.53 Å². The van der Waals surface area contributed by atoms with E-state index in [1.165, 1.54) is 0 Å². The van der Waals surface area contributed by atoms with Crippen LogP contribution in [0.1, 0.15) is 38.8 Å². The molecule has 0 aliphatic carbocycles. The normalized spacial score (nSPS) is 15.3. The summed E-state index contributed by atoms with van der Waals surface area (Å²) in [5.41, 5.74) is 7.02. The number of benzene rings is 1. The second-order valence-electron chi connectivity index (χ2n) is 5.28. The second-order valence-corrected chi connectivity index (χ2v) is 5.28. The molecule has 20 heavy (non-hydrogen) atoms. The molecule has 0 bridgehead atoms. The van der Waals surface area contributed by atoms with Crippen molar-refractivity contribution >= 4 is 5.91 Å². The van der Waals surface area contributed by atoms with Gasteiger partial charge in [0.25, 0.3) is 0 Å². The van der Waals surface area contributed by atoms with Crippen LogP contribution in [0.3, 0.4) is 0 Å². The predicted octanol–water partition coefficient (Wildman–Crippen LogP) is 2.59. The van der Waals surface area contributed by atoms with E-state index in [-0.39, 0.29) is 17.9 Å². The van der Waals surface area contributed by atoms with Gasteiger partial charge in [0.2, 0.25) is 5.91 Å². The molecule has 0 heterocycles. The Morgan fingerprint density at radius 3 is 2.50 bits per heavy atom. The van der Waals surface area contributed by atoms with Gasteiger partial charge in [-0.1, -0.05) is 38.5 Å². The highest BCUT2D eigenvalue weighted by molar-refractivity contribution is 5.82. The van der Waals surface area contributed by atoms with E-state index in [2.05, 4.69) is 0 Å². The lowest BCUT2D eigenvalue weighted by molar-refractivity contribution is -0.134. The lowest BCUT2D eigenvalue weighted by Gasteiger charge is -2.30. The summed E-state index contributed by atoms with van der Waals surface area (Å²) in [6.07, 6.45) is 0.893. The molecular formula is C16H26N2O2. The first-order valence-electron chi connectivity index (χ1n) is 7.09. The van der Waals surface area contributed by atoms with Gasteiger partial charge in [-0.15, -0.1) is 0 Å². The van der Waals surface area contributed by atoms with Crippen LogP contribution in [-0.2, 0) is 4.79 Å². The average molecular weight is 278 g/mol. The Balaban J connectivity index is 2.91. The lowest BCUT2D eigenvalue weighted by atomic mass is 9.97. The van der Waals surface area contributed by atoms with E-state index in [0.717, 1.165) is 17.7 Å². The first-order chi connectivity index (χ1) is 9.43. The highest BCUT2D eigenvalue weighted by atomic mass is 16.5. The van der Waals surface area contributed by atoms with Gasteiger partial charge < -0.3 is 15.4 Å². The maximum atomic E-state index is 12.4. The molecule has 1 aromatic carbocycles. The highest BCUT2D eigenvalue weighted by Crippen LogP contribution is 2.28. The molecule has 0 radical (unpaired) electrons. The van der Waals surface area contributed by atoms with Gasteiger partial charge in [-0.05, 0) is 18.9 Å². The van der Waals surface area contributed by atoms with Gasteiger partial charge in [-0.25, -0.2) is 0 Å². The predicted molar refractivity (Wildman–Crippen MR) is 81.6 cm³/mol. The van der Waals surface area contributed by atoms with Crippen LogP contribution in [-0.4, -0.2) is 31.0 Å². The summed E-state index contributed by atoms with van der Waals surface area (Å²) in [5, 5.41) is 0. The van der Waals surface area contributed by atoms with E-state index in [0.29, 0.717) is 0 Å². The smallest absolute Gasteiger partial charge is 0.240 e. The zero-order valence-corrected chi connectivity index (χ0v) is 13.1. The minimum atomic E-state index is -0.456. The van der Waals surface area contributed by atoms with Gasteiger partial charge in [-0.3, -0.25) is 4.79 Å². The molecule has 3 atom stereocenters. The Morgan fingerprint density at radius 2 is 1.95 bits per heavy atom. The standard InChI is InChI=1S/C16H26N2O2/c1-6-11(2)15(17)16(19)18(4)12(3)13-9-7-8-10-14(13)20-5/h7-12,15H,6,17H2,1-5H3. The summed E-state index contributed by atoms with van der Waals surface area (Å²) in [7, 11) is 3.43. The number of ether oxygens (including phenoxy) is 1. The summed E-state index contributed by atoms with van der Waals surface area (Å²) >= 11 is 0. The van der Waals surface area contributed by atoms with Crippen molar-refractivity contribution in [3.63, 3.8) is 0 Å². The number of hydrogen-bond donors (Lipinski definition) is 1. The van der Waals surface area contributed by atoms with Crippen LogP contribution in [0.15, 0.2) is 24.3 Å². The van der Waals surface area contributed by atoms with Crippen molar-refractivity contribution in [3.8, 4) is 5.75 Å². The first-order valence-corrected chi connectivity index (χ1v) is 7.09. The van der Waals surface area contributed by atoms with Crippen molar-refractivity contribution in [2.45, 2.75) is 39.3 Å². The van der Waals surface area contributed by atoms with Crippen molar-refractivity contribution in [2.75, 3.05) is 14.2 Å². The minimum absolute atomic E-state index is 0.0299. The van der Waals surface area contributed by atoms with Crippen LogP contribution in [0.25, 0.3) is 0 Å². The maximum absolute atomic E-state index is 12.4. The van der Waals surface area contributed by atoms with Crippen LogP contribution in [0.2, 0.25) is 0 Å². The maximum Gasteiger partial charge on any atom is 0.240 e. The number of carbonyl (C=O) groups is 1. The zero-order valence-electron chi connectivity index (χ0n) is 13.1. The van der Waals surface area contributed by atoms with Crippen molar-refractivity contribution in [3.05, 3.63) is 29.8 Å². The number of methoxy groups -OCH3 is 1.